The summed E-state index contributed by atoms with van der Waals surface area (Å²) in [4.78, 5) is 25.2. The van der Waals surface area contributed by atoms with Crippen molar-refractivity contribution in [1.29, 1.82) is 0 Å². The summed E-state index contributed by atoms with van der Waals surface area (Å²) >= 11 is 0. The molecule has 1 amide bonds. The zero-order chi connectivity index (χ0) is 15.3. The van der Waals surface area contributed by atoms with Gasteiger partial charge in [0, 0.05) is 18.2 Å². The molecule has 1 N–H and O–H groups in total. The van der Waals surface area contributed by atoms with Crippen LogP contribution in [0.3, 0.4) is 0 Å². The Bertz CT molecular complexity index is 632. The highest BCUT2D eigenvalue weighted by Crippen LogP contribution is 2.42. The highest BCUT2D eigenvalue weighted by molar-refractivity contribution is 5.96. The summed E-state index contributed by atoms with van der Waals surface area (Å²) in [6.45, 7) is 1.46. The van der Waals surface area contributed by atoms with E-state index in [1.54, 1.807) is 0 Å². The van der Waals surface area contributed by atoms with Crippen molar-refractivity contribution >= 4 is 11.9 Å². The number of rotatable bonds is 2. The van der Waals surface area contributed by atoms with Crippen molar-refractivity contribution < 1.29 is 23.5 Å². The monoisotopic (exact) mass is 295 g/mol. The average Bonchev–Trinajstić information content (AvgIpc) is 2.99. The largest absolute Gasteiger partial charge is 0.481 e. The average molecular weight is 295 g/mol. The van der Waals surface area contributed by atoms with Gasteiger partial charge >= 0.3 is 5.97 Å². The minimum absolute atomic E-state index is 0.159. The number of aryl methyl sites for hydroxylation is 1. The molecule has 0 aromatic heterocycles. The van der Waals surface area contributed by atoms with Gasteiger partial charge in [0.15, 0.2) is 0 Å². The number of aliphatic carboxylic acids is 1. The number of benzene rings is 1. The molecule has 0 radical (unpaired) electrons. The van der Waals surface area contributed by atoms with Crippen LogP contribution in [0.2, 0.25) is 0 Å². The first-order valence-electron chi connectivity index (χ1n) is 6.91. The number of amides is 1. The summed E-state index contributed by atoms with van der Waals surface area (Å²) in [5, 5.41) is 9.18. The third-order valence-corrected chi connectivity index (χ3v) is 4.57. The van der Waals surface area contributed by atoms with E-state index in [2.05, 4.69) is 0 Å². The lowest BCUT2D eigenvalue weighted by Gasteiger charge is -2.23. The Morgan fingerprint density at radius 1 is 1.24 bits per heavy atom. The van der Waals surface area contributed by atoms with Crippen LogP contribution in [-0.4, -0.2) is 34.0 Å². The third kappa shape index (κ3) is 2.09. The first-order chi connectivity index (χ1) is 9.90. The van der Waals surface area contributed by atoms with E-state index in [0.717, 1.165) is 6.42 Å². The van der Waals surface area contributed by atoms with Crippen molar-refractivity contribution in [2.24, 2.45) is 5.92 Å². The fourth-order valence-corrected chi connectivity index (χ4v) is 3.53. The van der Waals surface area contributed by atoms with Crippen LogP contribution in [-0.2, 0) is 4.79 Å². The van der Waals surface area contributed by atoms with Gasteiger partial charge in [-0.3, -0.25) is 9.59 Å². The lowest BCUT2D eigenvalue weighted by Crippen LogP contribution is -2.38. The number of fused-ring (bicyclic) bond motifs is 2. The Labute approximate surface area is 120 Å². The van der Waals surface area contributed by atoms with E-state index in [9.17, 15) is 23.5 Å². The second-order valence-electron chi connectivity index (χ2n) is 5.77. The van der Waals surface area contributed by atoms with E-state index >= 15 is 0 Å². The highest BCUT2D eigenvalue weighted by atomic mass is 19.1. The summed E-state index contributed by atoms with van der Waals surface area (Å²) in [5.41, 5.74) is 0.0120. The molecule has 2 fully saturated rings. The van der Waals surface area contributed by atoms with Crippen LogP contribution in [0.1, 0.15) is 35.2 Å². The first kappa shape index (κ1) is 14.0. The molecule has 1 aromatic rings. The quantitative estimate of drug-likeness (QED) is 0.911. The first-order valence-corrected chi connectivity index (χ1v) is 6.91. The predicted octanol–water partition coefficient (Wildman–Crippen LogP) is 2.35. The Kier molecular flexibility index (Phi) is 3.19. The molecule has 3 unspecified atom stereocenters. The van der Waals surface area contributed by atoms with Gasteiger partial charge in [-0.25, -0.2) is 8.78 Å². The summed E-state index contributed by atoms with van der Waals surface area (Å²) in [6.07, 6.45) is 1.77. The molecule has 2 aliphatic rings. The van der Waals surface area contributed by atoms with Gasteiger partial charge in [-0.15, -0.1) is 0 Å². The summed E-state index contributed by atoms with van der Waals surface area (Å²) in [7, 11) is 0. The number of carbonyl (C=O) groups excluding carboxylic acids is 1. The SMILES string of the molecule is Cc1cc(C(=O)N2C3CCC2C(C(=O)O)C3)c(F)cc1F. The van der Waals surface area contributed by atoms with Gasteiger partial charge in [-0.05, 0) is 37.8 Å². The van der Waals surface area contributed by atoms with Crippen LogP contribution < -0.4 is 0 Å². The molecule has 0 spiro atoms. The van der Waals surface area contributed by atoms with Crippen LogP contribution >= 0.6 is 0 Å². The van der Waals surface area contributed by atoms with Crippen LogP contribution in [0.5, 0.6) is 0 Å². The number of hydrogen-bond acceptors (Lipinski definition) is 2. The molecule has 0 aliphatic carbocycles. The lowest BCUT2D eigenvalue weighted by molar-refractivity contribution is -0.142. The van der Waals surface area contributed by atoms with Gasteiger partial charge in [0.1, 0.15) is 11.6 Å². The zero-order valence-corrected chi connectivity index (χ0v) is 11.5. The van der Waals surface area contributed by atoms with Crippen molar-refractivity contribution in [3.05, 3.63) is 34.9 Å². The van der Waals surface area contributed by atoms with Crippen molar-refractivity contribution in [2.45, 2.75) is 38.3 Å². The topological polar surface area (TPSA) is 57.6 Å². The smallest absolute Gasteiger partial charge is 0.308 e. The van der Waals surface area contributed by atoms with Crippen LogP contribution in [0.15, 0.2) is 12.1 Å². The molecule has 21 heavy (non-hydrogen) atoms. The molecule has 6 heteroatoms. The standard InChI is InChI=1S/C15H15F2NO3/c1-7-4-9(12(17)6-11(7)16)14(19)18-8-2-3-13(18)10(5-8)15(20)21/h4,6,8,10,13H,2-3,5H2,1H3,(H,20,21). The minimum Gasteiger partial charge on any atom is -0.481 e. The molecule has 4 nitrogen and oxygen atoms in total. The van der Waals surface area contributed by atoms with Crippen LogP contribution in [0.25, 0.3) is 0 Å². The van der Waals surface area contributed by atoms with E-state index in [1.807, 2.05) is 0 Å². The normalized spacial score (nSPS) is 27.2. The number of halogens is 2. The molecule has 2 aliphatic heterocycles. The summed E-state index contributed by atoms with van der Waals surface area (Å²) < 4.78 is 27.2. The Balaban J connectivity index is 1.93. The van der Waals surface area contributed by atoms with Crippen LogP contribution in [0, 0.1) is 24.5 Å². The number of carbonyl (C=O) groups is 2. The molecule has 112 valence electrons. The fraction of sp³-hybridized carbons (Fsp3) is 0.467. The number of carboxylic acids is 1. The van der Waals surface area contributed by atoms with Gasteiger partial charge in [0.25, 0.3) is 5.91 Å². The van der Waals surface area contributed by atoms with E-state index < -0.39 is 29.4 Å². The molecule has 0 saturated carbocycles. The maximum Gasteiger partial charge on any atom is 0.308 e. The van der Waals surface area contributed by atoms with Gasteiger partial charge in [0.2, 0.25) is 0 Å². The van der Waals surface area contributed by atoms with Gasteiger partial charge in [-0.2, -0.15) is 0 Å². The highest BCUT2D eigenvalue weighted by Gasteiger charge is 2.51. The lowest BCUT2D eigenvalue weighted by atomic mass is 9.89. The molecule has 2 heterocycles. The number of hydrogen-bond donors (Lipinski definition) is 1. The second-order valence-corrected chi connectivity index (χ2v) is 5.77. The van der Waals surface area contributed by atoms with Gasteiger partial charge in [0.05, 0.1) is 11.5 Å². The van der Waals surface area contributed by atoms with Gasteiger partial charge < -0.3 is 10.0 Å². The van der Waals surface area contributed by atoms with Crippen molar-refractivity contribution in [1.82, 2.24) is 4.90 Å². The van der Waals surface area contributed by atoms with E-state index in [4.69, 9.17) is 0 Å². The maximum atomic E-state index is 13.9. The summed E-state index contributed by atoms with van der Waals surface area (Å²) in [6, 6.07) is 1.36. The summed E-state index contributed by atoms with van der Waals surface area (Å²) in [5.74, 6) is -3.64. The predicted molar refractivity (Wildman–Crippen MR) is 69.8 cm³/mol. The van der Waals surface area contributed by atoms with E-state index in [-0.39, 0.29) is 23.2 Å². The molecular formula is C15H15F2NO3. The Morgan fingerprint density at radius 2 is 1.95 bits per heavy atom. The zero-order valence-electron chi connectivity index (χ0n) is 11.5. The Morgan fingerprint density at radius 3 is 2.57 bits per heavy atom. The molecule has 3 atom stereocenters. The molecule has 2 bridgehead atoms. The van der Waals surface area contributed by atoms with E-state index in [1.165, 1.54) is 17.9 Å². The molecule has 3 rings (SSSR count). The molecular weight excluding hydrogens is 280 g/mol. The van der Waals surface area contributed by atoms with Crippen LogP contribution in [0.4, 0.5) is 8.78 Å². The molecule has 1 aromatic carbocycles. The second kappa shape index (κ2) is 4.79. The third-order valence-electron chi connectivity index (χ3n) is 4.57. The van der Waals surface area contributed by atoms with Crippen molar-refractivity contribution in [2.75, 3.05) is 0 Å². The Hall–Kier alpha value is -1.98. The van der Waals surface area contributed by atoms with Crippen molar-refractivity contribution in [3.8, 4) is 0 Å². The fourth-order valence-electron chi connectivity index (χ4n) is 3.53. The van der Waals surface area contributed by atoms with E-state index in [0.29, 0.717) is 18.9 Å². The molecule has 2 saturated heterocycles. The maximum absolute atomic E-state index is 13.9. The van der Waals surface area contributed by atoms with Crippen molar-refractivity contribution in [3.63, 3.8) is 0 Å². The van der Waals surface area contributed by atoms with Gasteiger partial charge in [-0.1, -0.05) is 0 Å². The minimum atomic E-state index is -0.921. The number of nitrogens with zero attached hydrogens (tertiary/aromatic N) is 1. The number of carboxylic acid groups (broad SMARTS) is 1.